The van der Waals surface area contributed by atoms with Gasteiger partial charge in [-0.25, -0.2) is 15.0 Å². The molecule has 4 heterocycles. The van der Waals surface area contributed by atoms with Crippen molar-refractivity contribution in [2.75, 3.05) is 7.11 Å². The highest BCUT2D eigenvalue weighted by Crippen LogP contribution is 2.30. The first kappa shape index (κ1) is 17.3. The van der Waals surface area contributed by atoms with E-state index in [2.05, 4.69) is 31.7 Å². The summed E-state index contributed by atoms with van der Waals surface area (Å²) in [6, 6.07) is 7.92. The van der Waals surface area contributed by atoms with Crippen LogP contribution in [0.3, 0.4) is 0 Å². The van der Waals surface area contributed by atoms with Gasteiger partial charge in [0, 0.05) is 31.3 Å². The molecule has 0 amide bonds. The quantitative estimate of drug-likeness (QED) is 0.694. The van der Waals surface area contributed by atoms with Crippen LogP contribution in [-0.4, -0.2) is 31.5 Å². The molecule has 1 unspecified atom stereocenters. The maximum Gasteiger partial charge on any atom is 0.220 e. The Balaban J connectivity index is 1.65. The van der Waals surface area contributed by atoms with Gasteiger partial charge in [0.05, 0.1) is 19.2 Å². The van der Waals surface area contributed by atoms with E-state index in [1.54, 1.807) is 13.3 Å². The van der Waals surface area contributed by atoms with Crippen molar-refractivity contribution in [2.24, 2.45) is 0 Å². The molecule has 0 aliphatic carbocycles. The highest BCUT2D eigenvalue weighted by atomic mass is 16.5. The Kier molecular flexibility index (Phi) is 4.91. The maximum absolute atomic E-state index is 5.44. The van der Waals surface area contributed by atoms with Crippen molar-refractivity contribution in [2.45, 2.75) is 39.0 Å². The average molecular weight is 364 g/mol. The van der Waals surface area contributed by atoms with E-state index in [1.807, 2.05) is 42.9 Å². The average Bonchev–Trinajstić information content (AvgIpc) is 3.30. The molecule has 0 fully saturated rings. The Morgan fingerprint density at radius 1 is 1.19 bits per heavy atom. The molecule has 0 spiro atoms. The van der Waals surface area contributed by atoms with Crippen LogP contribution in [0.25, 0.3) is 11.2 Å². The summed E-state index contributed by atoms with van der Waals surface area (Å²) in [5, 5.41) is 3.39. The van der Waals surface area contributed by atoms with Gasteiger partial charge in [-0.2, -0.15) is 0 Å². The molecule has 1 aliphatic rings. The van der Waals surface area contributed by atoms with E-state index < -0.39 is 0 Å². The zero-order valence-electron chi connectivity index (χ0n) is 15.7. The maximum atomic E-state index is 5.44. The SMILES string of the molecule is CCCCn1c(CN2C=CNC2c2cccnc2OC)nc2cccnc21. The number of ether oxygens (including phenoxy) is 1. The molecule has 27 heavy (non-hydrogen) atoms. The Hall–Kier alpha value is -3.09. The molecule has 4 rings (SSSR count). The van der Waals surface area contributed by atoms with Gasteiger partial charge in [-0.05, 0) is 30.7 Å². The molecule has 3 aromatic heterocycles. The summed E-state index contributed by atoms with van der Waals surface area (Å²) in [5.74, 6) is 1.64. The van der Waals surface area contributed by atoms with E-state index in [9.17, 15) is 0 Å². The van der Waals surface area contributed by atoms with Gasteiger partial charge in [-0.15, -0.1) is 0 Å². The molecular weight excluding hydrogens is 340 g/mol. The first-order chi connectivity index (χ1) is 13.3. The third kappa shape index (κ3) is 3.32. The number of fused-ring (bicyclic) bond motifs is 1. The molecule has 1 N–H and O–H groups in total. The van der Waals surface area contributed by atoms with Gasteiger partial charge in [0.1, 0.15) is 17.5 Å². The van der Waals surface area contributed by atoms with Gasteiger partial charge in [-0.1, -0.05) is 13.3 Å². The largest absolute Gasteiger partial charge is 0.481 e. The molecule has 0 saturated heterocycles. The summed E-state index contributed by atoms with van der Waals surface area (Å²) in [6.07, 6.45) is 9.76. The zero-order chi connectivity index (χ0) is 18.6. The van der Waals surface area contributed by atoms with Crippen molar-refractivity contribution in [1.82, 2.24) is 29.7 Å². The lowest BCUT2D eigenvalue weighted by atomic mass is 10.2. The first-order valence-corrected chi connectivity index (χ1v) is 9.29. The predicted octanol–water partition coefficient (Wildman–Crippen LogP) is 3.21. The van der Waals surface area contributed by atoms with Crippen molar-refractivity contribution in [3.8, 4) is 5.88 Å². The number of methoxy groups -OCH3 is 1. The highest BCUT2D eigenvalue weighted by Gasteiger charge is 2.26. The second-order valence-corrected chi connectivity index (χ2v) is 6.54. The second-order valence-electron chi connectivity index (χ2n) is 6.54. The molecule has 0 saturated carbocycles. The van der Waals surface area contributed by atoms with Gasteiger partial charge in [-0.3, -0.25) is 0 Å². The smallest absolute Gasteiger partial charge is 0.220 e. The number of unbranched alkanes of at least 4 members (excludes halogenated alkanes) is 1. The van der Waals surface area contributed by atoms with Crippen molar-refractivity contribution in [3.05, 3.63) is 60.4 Å². The van der Waals surface area contributed by atoms with Crippen molar-refractivity contribution in [3.63, 3.8) is 0 Å². The monoisotopic (exact) mass is 364 g/mol. The number of pyridine rings is 2. The Morgan fingerprint density at radius 3 is 2.89 bits per heavy atom. The Morgan fingerprint density at radius 2 is 2.04 bits per heavy atom. The predicted molar refractivity (Wildman–Crippen MR) is 104 cm³/mol. The minimum absolute atomic E-state index is 0.0407. The van der Waals surface area contributed by atoms with E-state index in [1.165, 1.54) is 0 Å². The number of nitrogens with zero attached hydrogens (tertiary/aromatic N) is 5. The minimum Gasteiger partial charge on any atom is -0.481 e. The summed E-state index contributed by atoms with van der Waals surface area (Å²) < 4.78 is 7.68. The molecular formula is C20H24N6O. The summed E-state index contributed by atoms with van der Waals surface area (Å²) in [6.45, 7) is 3.79. The van der Waals surface area contributed by atoms with Crippen molar-refractivity contribution < 1.29 is 4.74 Å². The van der Waals surface area contributed by atoms with Crippen LogP contribution >= 0.6 is 0 Å². The first-order valence-electron chi connectivity index (χ1n) is 9.29. The number of hydrogen-bond acceptors (Lipinski definition) is 6. The lowest BCUT2D eigenvalue weighted by Crippen LogP contribution is -2.28. The number of imidazole rings is 1. The highest BCUT2D eigenvalue weighted by molar-refractivity contribution is 5.71. The van der Waals surface area contributed by atoms with Crippen LogP contribution in [0.15, 0.2) is 49.1 Å². The molecule has 7 nitrogen and oxygen atoms in total. The Bertz CT molecular complexity index is 951. The van der Waals surface area contributed by atoms with E-state index >= 15 is 0 Å². The van der Waals surface area contributed by atoms with Crippen LogP contribution in [0.4, 0.5) is 0 Å². The van der Waals surface area contributed by atoms with Crippen molar-refractivity contribution in [1.29, 1.82) is 0 Å². The van der Waals surface area contributed by atoms with Gasteiger partial charge in [0.15, 0.2) is 5.65 Å². The number of aryl methyl sites for hydroxylation is 1. The third-order valence-corrected chi connectivity index (χ3v) is 4.78. The minimum atomic E-state index is -0.0407. The van der Waals surface area contributed by atoms with Gasteiger partial charge >= 0.3 is 0 Å². The standard InChI is InChI=1S/C20H24N6O/c1-3-4-12-26-17(24-16-8-6-9-21-19(16)26)14-25-13-11-22-18(25)15-7-5-10-23-20(15)27-2/h5-11,13,18,22H,3-4,12,14H2,1-2H3. The molecule has 7 heteroatoms. The summed E-state index contributed by atoms with van der Waals surface area (Å²) >= 11 is 0. The molecule has 140 valence electrons. The van der Waals surface area contributed by atoms with Gasteiger partial charge < -0.3 is 19.5 Å². The van der Waals surface area contributed by atoms with Crippen molar-refractivity contribution >= 4 is 11.2 Å². The fourth-order valence-corrected chi connectivity index (χ4v) is 3.45. The molecule has 1 atom stereocenters. The Labute approximate surface area is 158 Å². The normalized spacial score (nSPS) is 16.1. The lowest BCUT2D eigenvalue weighted by molar-refractivity contribution is 0.256. The molecule has 0 bridgehead atoms. The molecule has 3 aromatic rings. The topological polar surface area (TPSA) is 68.1 Å². The number of hydrogen-bond donors (Lipinski definition) is 1. The number of aromatic nitrogens is 4. The summed E-state index contributed by atoms with van der Waals surface area (Å²) in [5.41, 5.74) is 2.89. The number of rotatable bonds is 7. The van der Waals surface area contributed by atoms with Crippen LogP contribution < -0.4 is 10.1 Å². The van der Waals surface area contributed by atoms with Gasteiger partial charge in [0.2, 0.25) is 5.88 Å². The van der Waals surface area contributed by atoms with Crippen LogP contribution in [-0.2, 0) is 13.1 Å². The number of nitrogens with one attached hydrogen (secondary N) is 1. The molecule has 0 aromatic carbocycles. The summed E-state index contributed by atoms with van der Waals surface area (Å²) in [7, 11) is 1.65. The van der Waals surface area contributed by atoms with E-state index in [0.717, 1.165) is 41.9 Å². The van der Waals surface area contributed by atoms with Gasteiger partial charge in [0.25, 0.3) is 0 Å². The zero-order valence-corrected chi connectivity index (χ0v) is 15.7. The third-order valence-electron chi connectivity index (χ3n) is 4.78. The second kappa shape index (κ2) is 7.65. The van der Waals surface area contributed by atoms with E-state index in [-0.39, 0.29) is 6.17 Å². The summed E-state index contributed by atoms with van der Waals surface area (Å²) in [4.78, 5) is 15.9. The van der Waals surface area contributed by atoms with Crippen LogP contribution in [0, 0.1) is 0 Å². The molecule has 0 radical (unpaired) electrons. The lowest BCUT2D eigenvalue weighted by Gasteiger charge is -2.26. The van der Waals surface area contributed by atoms with Crippen LogP contribution in [0.1, 0.15) is 37.3 Å². The van der Waals surface area contributed by atoms with E-state index in [0.29, 0.717) is 12.4 Å². The van der Waals surface area contributed by atoms with Crippen LogP contribution in [0.2, 0.25) is 0 Å². The molecule has 1 aliphatic heterocycles. The van der Waals surface area contributed by atoms with E-state index in [4.69, 9.17) is 9.72 Å². The fraction of sp³-hybridized carbons (Fsp3) is 0.350. The van der Waals surface area contributed by atoms with Crippen LogP contribution in [0.5, 0.6) is 5.88 Å². The fourth-order valence-electron chi connectivity index (χ4n) is 3.45.